The molecule has 4 rings (SSSR count). The summed E-state index contributed by atoms with van der Waals surface area (Å²) in [6.07, 6.45) is 3.42. The van der Waals surface area contributed by atoms with Crippen LogP contribution in [0, 0.1) is 0 Å². The SMILES string of the molecule is CC1Cn2nc(C(=O)NCc3ccc(-n4ccnn4)cc3)cc2CN1. The van der Waals surface area contributed by atoms with Crippen LogP contribution in [0.2, 0.25) is 0 Å². The fourth-order valence-electron chi connectivity index (χ4n) is 2.85. The van der Waals surface area contributed by atoms with Gasteiger partial charge in [0.1, 0.15) is 0 Å². The third-order valence-electron chi connectivity index (χ3n) is 4.25. The number of nitrogens with zero attached hydrogens (tertiary/aromatic N) is 5. The van der Waals surface area contributed by atoms with Gasteiger partial charge < -0.3 is 10.6 Å². The normalized spacial score (nSPS) is 16.4. The average Bonchev–Trinajstić information content (AvgIpc) is 3.29. The van der Waals surface area contributed by atoms with Crippen molar-refractivity contribution in [2.45, 2.75) is 32.6 Å². The summed E-state index contributed by atoms with van der Waals surface area (Å²) in [5, 5.41) is 18.4. The minimum absolute atomic E-state index is 0.157. The Hall–Kier alpha value is -3.00. The molecule has 0 radical (unpaired) electrons. The first kappa shape index (κ1) is 15.5. The molecule has 1 aromatic carbocycles. The fourth-order valence-corrected chi connectivity index (χ4v) is 2.85. The molecule has 1 aliphatic heterocycles. The van der Waals surface area contributed by atoms with E-state index in [2.05, 4.69) is 33.0 Å². The Morgan fingerprint density at radius 3 is 2.96 bits per heavy atom. The van der Waals surface area contributed by atoms with Crippen LogP contribution in [0.15, 0.2) is 42.7 Å². The highest BCUT2D eigenvalue weighted by molar-refractivity contribution is 5.92. The van der Waals surface area contributed by atoms with Gasteiger partial charge in [0.05, 0.1) is 30.3 Å². The number of fused-ring (bicyclic) bond motifs is 1. The lowest BCUT2D eigenvalue weighted by atomic mass is 10.2. The maximum Gasteiger partial charge on any atom is 0.272 e. The van der Waals surface area contributed by atoms with E-state index in [0.29, 0.717) is 18.3 Å². The van der Waals surface area contributed by atoms with Crippen LogP contribution >= 0.6 is 0 Å². The zero-order chi connectivity index (χ0) is 17.2. The number of benzene rings is 1. The van der Waals surface area contributed by atoms with Crippen molar-refractivity contribution in [1.29, 1.82) is 0 Å². The average molecular weight is 337 g/mol. The molecule has 25 heavy (non-hydrogen) atoms. The minimum Gasteiger partial charge on any atom is -0.347 e. The molecule has 2 N–H and O–H groups in total. The van der Waals surface area contributed by atoms with Crippen molar-refractivity contribution in [2.24, 2.45) is 0 Å². The van der Waals surface area contributed by atoms with Crippen LogP contribution in [0.25, 0.3) is 5.69 Å². The predicted molar refractivity (Wildman–Crippen MR) is 91.1 cm³/mol. The zero-order valence-electron chi connectivity index (χ0n) is 13.9. The molecule has 0 fully saturated rings. The number of rotatable bonds is 4. The molecule has 0 spiro atoms. The van der Waals surface area contributed by atoms with E-state index in [-0.39, 0.29) is 5.91 Å². The highest BCUT2D eigenvalue weighted by Gasteiger charge is 2.19. The lowest BCUT2D eigenvalue weighted by Gasteiger charge is -2.21. The standard InChI is InChI=1S/C17H19N7O/c1-12-11-24-15(10-18-12)8-16(21-24)17(25)19-9-13-2-4-14(5-3-13)23-7-6-20-22-23/h2-8,12,18H,9-11H2,1H3,(H,19,25). The lowest BCUT2D eigenvalue weighted by Crippen LogP contribution is -2.36. The third-order valence-corrected chi connectivity index (χ3v) is 4.25. The molecule has 2 aromatic heterocycles. The van der Waals surface area contributed by atoms with Crippen molar-refractivity contribution in [3.63, 3.8) is 0 Å². The van der Waals surface area contributed by atoms with Crippen molar-refractivity contribution < 1.29 is 4.79 Å². The Morgan fingerprint density at radius 1 is 1.36 bits per heavy atom. The topological polar surface area (TPSA) is 89.7 Å². The highest BCUT2D eigenvalue weighted by atomic mass is 16.1. The molecular weight excluding hydrogens is 318 g/mol. The number of carbonyl (C=O) groups excluding carboxylic acids is 1. The third kappa shape index (κ3) is 3.29. The largest absolute Gasteiger partial charge is 0.347 e. The fraction of sp³-hybridized carbons (Fsp3) is 0.294. The molecule has 0 saturated heterocycles. The molecule has 3 heterocycles. The van der Waals surface area contributed by atoms with Crippen LogP contribution in [0.4, 0.5) is 0 Å². The van der Waals surface area contributed by atoms with Gasteiger partial charge in [-0.1, -0.05) is 17.3 Å². The quantitative estimate of drug-likeness (QED) is 0.738. The number of amides is 1. The second-order valence-electron chi connectivity index (χ2n) is 6.18. The Balaban J connectivity index is 1.39. The number of hydrogen-bond donors (Lipinski definition) is 2. The van der Waals surface area contributed by atoms with Crippen molar-refractivity contribution in [1.82, 2.24) is 35.4 Å². The van der Waals surface area contributed by atoms with Crippen LogP contribution < -0.4 is 10.6 Å². The molecule has 128 valence electrons. The summed E-state index contributed by atoms with van der Waals surface area (Å²) < 4.78 is 3.59. The van der Waals surface area contributed by atoms with Gasteiger partial charge in [-0.05, 0) is 30.7 Å². The van der Waals surface area contributed by atoms with E-state index in [1.807, 2.05) is 35.0 Å². The Morgan fingerprint density at radius 2 is 2.20 bits per heavy atom. The Labute approximate surface area is 144 Å². The van der Waals surface area contributed by atoms with Crippen molar-refractivity contribution in [3.05, 3.63) is 59.7 Å². The molecule has 1 aliphatic rings. The maximum atomic E-state index is 12.3. The van der Waals surface area contributed by atoms with Crippen LogP contribution in [0.5, 0.6) is 0 Å². The van der Waals surface area contributed by atoms with Crippen molar-refractivity contribution >= 4 is 5.91 Å². The van der Waals surface area contributed by atoms with Gasteiger partial charge in [0.15, 0.2) is 5.69 Å². The van der Waals surface area contributed by atoms with E-state index in [0.717, 1.165) is 30.0 Å². The number of carbonyl (C=O) groups is 1. The predicted octanol–water partition coefficient (Wildman–Crippen LogP) is 0.885. The monoisotopic (exact) mass is 337 g/mol. The van der Waals surface area contributed by atoms with Crippen LogP contribution in [0.3, 0.4) is 0 Å². The van der Waals surface area contributed by atoms with Gasteiger partial charge in [-0.3, -0.25) is 9.48 Å². The molecule has 1 atom stereocenters. The van der Waals surface area contributed by atoms with Gasteiger partial charge in [0, 0.05) is 19.1 Å². The van der Waals surface area contributed by atoms with E-state index >= 15 is 0 Å². The molecule has 3 aromatic rings. The summed E-state index contributed by atoms with van der Waals surface area (Å²) in [5.41, 5.74) is 3.44. The Kier molecular flexibility index (Phi) is 4.02. The van der Waals surface area contributed by atoms with Crippen LogP contribution in [-0.2, 0) is 19.6 Å². The van der Waals surface area contributed by atoms with Gasteiger partial charge in [0.25, 0.3) is 5.91 Å². The summed E-state index contributed by atoms with van der Waals surface area (Å²) in [5.74, 6) is -0.157. The zero-order valence-corrected chi connectivity index (χ0v) is 13.9. The van der Waals surface area contributed by atoms with E-state index < -0.39 is 0 Å². The Bertz CT molecular complexity index is 867. The summed E-state index contributed by atoms with van der Waals surface area (Å²) >= 11 is 0. The first-order valence-electron chi connectivity index (χ1n) is 8.23. The smallest absolute Gasteiger partial charge is 0.272 e. The van der Waals surface area contributed by atoms with Crippen LogP contribution in [0.1, 0.15) is 28.7 Å². The van der Waals surface area contributed by atoms with Gasteiger partial charge >= 0.3 is 0 Å². The second kappa shape index (κ2) is 6.48. The van der Waals surface area contributed by atoms with Gasteiger partial charge in [-0.2, -0.15) is 5.10 Å². The summed E-state index contributed by atoms with van der Waals surface area (Å²) in [6.45, 7) is 4.08. The van der Waals surface area contributed by atoms with Gasteiger partial charge in [-0.25, -0.2) is 4.68 Å². The molecule has 0 bridgehead atoms. The van der Waals surface area contributed by atoms with E-state index in [9.17, 15) is 4.79 Å². The molecular formula is C17H19N7O. The maximum absolute atomic E-state index is 12.3. The van der Waals surface area contributed by atoms with Gasteiger partial charge in [0.2, 0.25) is 0 Å². The number of hydrogen-bond acceptors (Lipinski definition) is 5. The molecule has 0 saturated carbocycles. The van der Waals surface area contributed by atoms with Gasteiger partial charge in [-0.15, -0.1) is 5.10 Å². The highest BCUT2D eigenvalue weighted by Crippen LogP contribution is 2.11. The molecule has 1 unspecified atom stereocenters. The lowest BCUT2D eigenvalue weighted by molar-refractivity contribution is 0.0945. The summed E-state index contributed by atoms with van der Waals surface area (Å²) in [4.78, 5) is 12.3. The minimum atomic E-state index is -0.157. The number of nitrogens with one attached hydrogen (secondary N) is 2. The molecule has 0 aliphatic carbocycles. The van der Waals surface area contributed by atoms with Crippen LogP contribution in [-0.4, -0.2) is 36.7 Å². The number of aromatic nitrogens is 5. The molecule has 8 heteroatoms. The first-order chi connectivity index (χ1) is 12.2. The van der Waals surface area contributed by atoms with E-state index in [1.54, 1.807) is 17.1 Å². The van der Waals surface area contributed by atoms with E-state index in [1.165, 1.54) is 0 Å². The van der Waals surface area contributed by atoms with E-state index in [4.69, 9.17) is 0 Å². The summed E-state index contributed by atoms with van der Waals surface area (Å²) in [7, 11) is 0. The van der Waals surface area contributed by atoms with Crippen molar-refractivity contribution in [2.75, 3.05) is 0 Å². The van der Waals surface area contributed by atoms with Crippen molar-refractivity contribution in [3.8, 4) is 5.69 Å². The molecule has 1 amide bonds. The second-order valence-corrected chi connectivity index (χ2v) is 6.18. The molecule has 8 nitrogen and oxygen atoms in total. The first-order valence-corrected chi connectivity index (χ1v) is 8.23. The summed E-state index contributed by atoms with van der Waals surface area (Å²) in [6, 6.07) is 10.0.